The predicted molar refractivity (Wildman–Crippen MR) is 103 cm³/mol. The first-order chi connectivity index (χ1) is 13.6. The van der Waals surface area contributed by atoms with Crippen molar-refractivity contribution in [2.75, 3.05) is 7.05 Å². The van der Waals surface area contributed by atoms with Crippen molar-refractivity contribution in [3.05, 3.63) is 65.2 Å². The van der Waals surface area contributed by atoms with E-state index in [1.165, 1.54) is 17.0 Å². The standard InChI is InChI=1S/C22H23F3N2O2/c1-15(2)11-20(21(28)27(3)14-16-7-5-4-6-8-16)29-18-10-9-17(13-26)19(12-18)22(23,24)25/h4-10,12,15,20H,11,14H2,1-3H3. The molecule has 0 radical (unpaired) electrons. The first-order valence-corrected chi connectivity index (χ1v) is 9.18. The number of carbonyl (C=O) groups excluding carboxylic acids is 1. The highest BCUT2D eigenvalue weighted by molar-refractivity contribution is 5.81. The molecule has 0 spiro atoms. The molecule has 7 heteroatoms. The molecule has 0 saturated heterocycles. The highest BCUT2D eigenvalue weighted by atomic mass is 19.4. The number of rotatable bonds is 7. The molecule has 0 saturated carbocycles. The van der Waals surface area contributed by atoms with E-state index >= 15 is 0 Å². The Morgan fingerprint density at radius 1 is 1.17 bits per heavy atom. The summed E-state index contributed by atoms with van der Waals surface area (Å²) in [6, 6.07) is 14.0. The van der Waals surface area contributed by atoms with Gasteiger partial charge in [-0.15, -0.1) is 0 Å². The molecule has 0 bridgehead atoms. The topological polar surface area (TPSA) is 53.3 Å². The highest BCUT2D eigenvalue weighted by Crippen LogP contribution is 2.34. The number of nitriles is 1. The summed E-state index contributed by atoms with van der Waals surface area (Å²) in [6.07, 6.45) is -5.27. The molecule has 0 aliphatic carbocycles. The molecule has 0 N–H and O–H groups in total. The molecule has 4 nitrogen and oxygen atoms in total. The summed E-state index contributed by atoms with van der Waals surface area (Å²) in [4.78, 5) is 14.4. The van der Waals surface area contributed by atoms with E-state index in [2.05, 4.69) is 0 Å². The largest absolute Gasteiger partial charge is 0.481 e. The van der Waals surface area contributed by atoms with E-state index in [0.717, 1.165) is 17.7 Å². The summed E-state index contributed by atoms with van der Waals surface area (Å²) in [7, 11) is 1.63. The minimum atomic E-state index is -4.69. The first kappa shape index (κ1) is 22.3. The molecular weight excluding hydrogens is 381 g/mol. The monoisotopic (exact) mass is 404 g/mol. The van der Waals surface area contributed by atoms with Crippen LogP contribution in [0.2, 0.25) is 0 Å². The number of alkyl halides is 3. The molecule has 0 fully saturated rings. The maximum atomic E-state index is 13.2. The molecule has 29 heavy (non-hydrogen) atoms. The molecule has 2 aromatic carbocycles. The van der Waals surface area contributed by atoms with Gasteiger partial charge in [-0.25, -0.2) is 0 Å². The quantitative estimate of drug-likeness (QED) is 0.650. The van der Waals surface area contributed by atoms with Gasteiger partial charge in [0.25, 0.3) is 5.91 Å². The zero-order valence-corrected chi connectivity index (χ0v) is 16.5. The molecule has 0 aliphatic rings. The third kappa shape index (κ3) is 6.24. The number of benzene rings is 2. The maximum absolute atomic E-state index is 13.2. The van der Waals surface area contributed by atoms with Crippen molar-refractivity contribution in [3.63, 3.8) is 0 Å². The summed E-state index contributed by atoms with van der Waals surface area (Å²) >= 11 is 0. The van der Waals surface area contributed by atoms with Gasteiger partial charge in [-0.05, 0) is 36.1 Å². The Kier molecular flexibility index (Phi) is 7.27. The van der Waals surface area contributed by atoms with Crippen LogP contribution in [-0.2, 0) is 17.5 Å². The van der Waals surface area contributed by atoms with Crippen LogP contribution in [0.4, 0.5) is 13.2 Å². The Balaban J connectivity index is 2.24. The molecule has 1 amide bonds. The van der Waals surface area contributed by atoms with Crippen LogP contribution in [0.1, 0.15) is 37.0 Å². The maximum Gasteiger partial charge on any atom is 0.417 e. The van der Waals surface area contributed by atoms with Crippen LogP contribution in [0.5, 0.6) is 5.75 Å². The molecule has 2 rings (SSSR count). The van der Waals surface area contributed by atoms with Gasteiger partial charge >= 0.3 is 6.18 Å². The third-order valence-electron chi connectivity index (χ3n) is 4.29. The zero-order chi connectivity index (χ0) is 21.6. The lowest BCUT2D eigenvalue weighted by Crippen LogP contribution is -2.40. The van der Waals surface area contributed by atoms with Crippen LogP contribution in [-0.4, -0.2) is 24.0 Å². The second-order valence-corrected chi connectivity index (χ2v) is 7.23. The van der Waals surface area contributed by atoms with Gasteiger partial charge in [0.2, 0.25) is 0 Å². The van der Waals surface area contributed by atoms with Gasteiger partial charge < -0.3 is 9.64 Å². The molecule has 2 aromatic rings. The van der Waals surface area contributed by atoms with Crippen molar-refractivity contribution in [2.24, 2.45) is 5.92 Å². The summed E-state index contributed by atoms with van der Waals surface area (Å²) in [5.74, 6) is -0.321. The normalized spacial score (nSPS) is 12.3. The van der Waals surface area contributed by atoms with E-state index in [1.807, 2.05) is 44.2 Å². The van der Waals surface area contributed by atoms with Crippen LogP contribution >= 0.6 is 0 Å². The van der Waals surface area contributed by atoms with Crippen LogP contribution in [0.15, 0.2) is 48.5 Å². The summed E-state index contributed by atoms with van der Waals surface area (Å²) in [6.45, 7) is 4.17. The smallest absolute Gasteiger partial charge is 0.417 e. The second-order valence-electron chi connectivity index (χ2n) is 7.23. The Labute approximate surface area is 168 Å². The lowest BCUT2D eigenvalue weighted by molar-refractivity contribution is -0.138. The minimum absolute atomic E-state index is 0.0922. The fourth-order valence-electron chi connectivity index (χ4n) is 2.90. The van der Waals surface area contributed by atoms with Gasteiger partial charge in [0.1, 0.15) is 5.75 Å². The summed E-state index contributed by atoms with van der Waals surface area (Å²) < 4.78 is 45.3. The lowest BCUT2D eigenvalue weighted by atomic mass is 10.0. The summed E-state index contributed by atoms with van der Waals surface area (Å²) in [5, 5.41) is 8.92. The van der Waals surface area contributed by atoms with Gasteiger partial charge in [-0.2, -0.15) is 18.4 Å². The van der Waals surface area contributed by atoms with Crippen molar-refractivity contribution in [1.29, 1.82) is 5.26 Å². The number of nitrogens with zero attached hydrogens (tertiary/aromatic N) is 2. The van der Waals surface area contributed by atoms with E-state index in [1.54, 1.807) is 7.05 Å². The van der Waals surface area contributed by atoms with Gasteiger partial charge in [-0.3, -0.25) is 4.79 Å². The second kappa shape index (κ2) is 9.46. The number of ether oxygens (including phenoxy) is 1. The van der Waals surface area contributed by atoms with Crippen molar-refractivity contribution in [2.45, 2.75) is 39.1 Å². The molecule has 0 aromatic heterocycles. The lowest BCUT2D eigenvalue weighted by Gasteiger charge is -2.26. The van der Waals surface area contributed by atoms with Gasteiger partial charge in [0.05, 0.1) is 17.2 Å². The van der Waals surface area contributed by atoms with E-state index in [9.17, 15) is 18.0 Å². The van der Waals surface area contributed by atoms with Crippen molar-refractivity contribution in [1.82, 2.24) is 4.90 Å². The third-order valence-corrected chi connectivity index (χ3v) is 4.29. The fraction of sp³-hybridized carbons (Fsp3) is 0.364. The Bertz CT molecular complexity index is 874. The van der Waals surface area contributed by atoms with Gasteiger partial charge in [0, 0.05) is 13.6 Å². The first-order valence-electron chi connectivity index (χ1n) is 9.18. The average Bonchev–Trinajstić information content (AvgIpc) is 2.66. The molecule has 1 unspecified atom stereocenters. The molecule has 1 atom stereocenters. The molecule has 0 heterocycles. The number of hydrogen-bond donors (Lipinski definition) is 0. The van der Waals surface area contributed by atoms with Crippen molar-refractivity contribution < 1.29 is 22.7 Å². The van der Waals surface area contributed by atoms with Crippen molar-refractivity contribution >= 4 is 5.91 Å². The summed E-state index contributed by atoms with van der Waals surface area (Å²) in [5.41, 5.74) is -0.631. The Morgan fingerprint density at radius 3 is 2.38 bits per heavy atom. The molecular formula is C22H23F3N2O2. The zero-order valence-electron chi connectivity index (χ0n) is 16.5. The number of amides is 1. The van der Waals surface area contributed by atoms with E-state index < -0.39 is 23.4 Å². The fourth-order valence-corrected chi connectivity index (χ4v) is 2.90. The van der Waals surface area contributed by atoms with Crippen LogP contribution < -0.4 is 4.74 Å². The number of hydrogen-bond acceptors (Lipinski definition) is 3. The van der Waals surface area contributed by atoms with Crippen molar-refractivity contribution in [3.8, 4) is 11.8 Å². The van der Waals surface area contributed by atoms with E-state index in [0.29, 0.717) is 13.0 Å². The minimum Gasteiger partial charge on any atom is -0.481 e. The number of halogens is 3. The van der Waals surface area contributed by atoms with Gasteiger partial charge in [-0.1, -0.05) is 44.2 Å². The number of carbonyl (C=O) groups is 1. The van der Waals surface area contributed by atoms with Gasteiger partial charge in [0.15, 0.2) is 6.10 Å². The molecule has 154 valence electrons. The predicted octanol–water partition coefficient (Wildman–Crippen LogP) is 5.03. The van der Waals surface area contributed by atoms with E-state index in [4.69, 9.17) is 10.00 Å². The van der Waals surface area contributed by atoms with Crippen LogP contribution in [0, 0.1) is 17.2 Å². The average molecular weight is 404 g/mol. The SMILES string of the molecule is CC(C)CC(Oc1ccc(C#N)c(C(F)(F)F)c1)C(=O)N(C)Cc1ccccc1. The van der Waals surface area contributed by atoms with Crippen LogP contribution in [0.25, 0.3) is 0 Å². The highest BCUT2D eigenvalue weighted by Gasteiger charge is 2.34. The molecule has 0 aliphatic heterocycles. The Morgan fingerprint density at radius 2 is 1.83 bits per heavy atom. The van der Waals surface area contributed by atoms with Crippen LogP contribution in [0.3, 0.4) is 0 Å². The Hall–Kier alpha value is -3.01. The van der Waals surface area contributed by atoms with E-state index in [-0.39, 0.29) is 17.6 Å². The number of likely N-dealkylation sites (N-methyl/N-ethyl adjacent to an activating group) is 1.